The summed E-state index contributed by atoms with van der Waals surface area (Å²) in [5, 5.41) is 7.65. The molecule has 4 heteroatoms. The van der Waals surface area contributed by atoms with Crippen LogP contribution in [0.4, 0.5) is 0 Å². The van der Waals surface area contributed by atoms with Gasteiger partial charge in [0.05, 0.1) is 5.56 Å². The van der Waals surface area contributed by atoms with Crippen LogP contribution in [0.15, 0.2) is 46.9 Å². The van der Waals surface area contributed by atoms with Gasteiger partial charge >= 0.3 is 0 Å². The third-order valence-electron chi connectivity index (χ3n) is 2.82. The highest BCUT2D eigenvalue weighted by Crippen LogP contribution is 2.32. The molecule has 0 heterocycles. The maximum Gasteiger partial charge on any atom is 0.139 e. The molecule has 0 saturated carbocycles. The van der Waals surface area contributed by atoms with Crippen molar-refractivity contribution in [2.45, 2.75) is 13.3 Å². The lowest BCUT2D eigenvalue weighted by molar-refractivity contribution is 0.475. The van der Waals surface area contributed by atoms with Crippen molar-refractivity contribution in [1.29, 1.82) is 5.41 Å². The van der Waals surface area contributed by atoms with Crippen LogP contribution in [0.3, 0.4) is 0 Å². The molecular formula is C15H15BrN2O. The molecule has 3 nitrogen and oxygen atoms in total. The standard InChI is InChI=1S/C15H15BrN2O/c1-2-10-6-3-4-8-12(10)19-13-9-5-7-11(16)14(13)15(17)18/h3-9H,2H2,1H3,(H3,17,18). The molecule has 0 spiro atoms. The Morgan fingerprint density at radius 2 is 1.84 bits per heavy atom. The Morgan fingerprint density at radius 1 is 1.16 bits per heavy atom. The van der Waals surface area contributed by atoms with Gasteiger partial charge in [-0.25, -0.2) is 0 Å². The van der Waals surface area contributed by atoms with E-state index < -0.39 is 0 Å². The summed E-state index contributed by atoms with van der Waals surface area (Å²) in [7, 11) is 0. The number of nitrogens with two attached hydrogens (primary N) is 1. The molecule has 98 valence electrons. The molecule has 0 fully saturated rings. The van der Waals surface area contributed by atoms with E-state index >= 15 is 0 Å². The van der Waals surface area contributed by atoms with Crippen LogP contribution in [0.2, 0.25) is 0 Å². The third-order valence-corrected chi connectivity index (χ3v) is 3.48. The highest BCUT2D eigenvalue weighted by atomic mass is 79.9. The zero-order valence-corrected chi connectivity index (χ0v) is 12.2. The fourth-order valence-corrected chi connectivity index (χ4v) is 2.43. The van der Waals surface area contributed by atoms with Crippen LogP contribution in [0, 0.1) is 5.41 Å². The first-order chi connectivity index (χ1) is 9.13. The lowest BCUT2D eigenvalue weighted by Gasteiger charge is -2.14. The second kappa shape index (κ2) is 5.89. The van der Waals surface area contributed by atoms with Gasteiger partial charge in [0.1, 0.15) is 17.3 Å². The van der Waals surface area contributed by atoms with Crippen LogP contribution < -0.4 is 10.5 Å². The summed E-state index contributed by atoms with van der Waals surface area (Å²) >= 11 is 3.40. The van der Waals surface area contributed by atoms with Gasteiger partial charge in [-0.15, -0.1) is 0 Å². The van der Waals surface area contributed by atoms with Crippen LogP contribution in [-0.4, -0.2) is 5.84 Å². The molecule has 0 aliphatic carbocycles. The summed E-state index contributed by atoms with van der Waals surface area (Å²) in [6, 6.07) is 13.4. The number of ether oxygens (including phenoxy) is 1. The number of aryl methyl sites for hydroxylation is 1. The average Bonchev–Trinajstić information content (AvgIpc) is 2.39. The maximum atomic E-state index is 7.65. The zero-order chi connectivity index (χ0) is 13.8. The minimum absolute atomic E-state index is 0.0172. The van der Waals surface area contributed by atoms with E-state index in [-0.39, 0.29) is 5.84 Å². The number of hydrogen-bond donors (Lipinski definition) is 2. The van der Waals surface area contributed by atoms with E-state index in [4.69, 9.17) is 15.9 Å². The number of benzene rings is 2. The van der Waals surface area contributed by atoms with Crippen molar-refractivity contribution in [3.63, 3.8) is 0 Å². The van der Waals surface area contributed by atoms with Crippen molar-refractivity contribution in [2.24, 2.45) is 5.73 Å². The molecule has 2 aromatic rings. The number of nitrogen functional groups attached to an aromatic ring is 1. The van der Waals surface area contributed by atoms with Gasteiger partial charge in [-0.05, 0) is 46.1 Å². The number of amidine groups is 1. The first kappa shape index (κ1) is 13.6. The van der Waals surface area contributed by atoms with E-state index in [0.29, 0.717) is 11.3 Å². The van der Waals surface area contributed by atoms with Gasteiger partial charge in [-0.1, -0.05) is 31.2 Å². The molecule has 0 atom stereocenters. The van der Waals surface area contributed by atoms with Gasteiger partial charge in [0.25, 0.3) is 0 Å². The summed E-state index contributed by atoms with van der Waals surface area (Å²) < 4.78 is 6.68. The molecular weight excluding hydrogens is 304 g/mol. The first-order valence-corrected chi connectivity index (χ1v) is 6.81. The highest BCUT2D eigenvalue weighted by molar-refractivity contribution is 9.10. The Hall–Kier alpha value is -1.81. The largest absolute Gasteiger partial charge is 0.456 e. The monoisotopic (exact) mass is 318 g/mol. The molecule has 3 N–H and O–H groups in total. The number of rotatable bonds is 4. The first-order valence-electron chi connectivity index (χ1n) is 6.02. The highest BCUT2D eigenvalue weighted by Gasteiger charge is 2.12. The summed E-state index contributed by atoms with van der Waals surface area (Å²) in [4.78, 5) is 0. The Morgan fingerprint density at radius 3 is 2.53 bits per heavy atom. The van der Waals surface area contributed by atoms with E-state index in [0.717, 1.165) is 22.2 Å². The molecule has 0 unspecified atom stereocenters. The van der Waals surface area contributed by atoms with E-state index in [1.165, 1.54) is 0 Å². The second-order valence-electron chi connectivity index (χ2n) is 4.09. The van der Waals surface area contributed by atoms with Gasteiger partial charge in [0.2, 0.25) is 0 Å². The number of hydrogen-bond acceptors (Lipinski definition) is 2. The number of para-hydroxylation sites is 1. The Kier molecular flexibility index (Phi) is 4.22. The number of halogens is 1. The van der Waals surface area contributed by atoms with Crippen molar-refractivity contribution < 1.29 is 4.74 Å². The molecule has 2 rings (SSSR count). The van der Waals surface area contributed by atoms with E-state index in [1.54, 1.807) is 0 Å². The predicted molar refractivity (Wildman–Crippen MR) is 81.1 cm³/mol. The van der Waals surface area contributed by atoms with Crippen LogP contribution in [0.5, 0.6) is 11.5 Å². The van der Waals surface area contributed by atoms with Gasteiger partial charge in [0, 0.05) is 4.47 Å². The lowest BCUT2D eigenvalue weighted by atomic mass is 10.1. The molecule has 0 bridgehead atoms. The van der Waals surface area contributed by atoms with Crippen molar-refractivity contribution >= 4 is 21.8 Å². The lowest BCUT2D eigenvalue weighted by Crippen LogP contribution is -2.13. The zero-order valence-electron chi connectivity index (χ0n) is 10.6. The molecule has 0 amide bonds. The molecule has 0 aliphatic heterocycles. The minimum Gasteiger partial charge on any atom is -0.456 e. The summed E-state index contributed by atoms with van der Waals surface area (Å²) in [6.07, 6.45) is 0.888. The van der Waals surface area contributed by atoms with Crippen molar-refractivity contribution in [1.82, 2.24) is 0 Å². The quantitative estimate of drug-likeness (QED) is 0.659. The third kappa shape index (κ3) is 2.96. The topological polar surface area (TPSA) is 59.1 Å². The predicted octanol–water partition coefficient (Wildman–Crippen LogP) is 4.09. The van der Waals surface area contributed by atoms with Crippen molar-refractivity contribution in [3.05, 3.63) is 58.1 Å². The van der Waals surface area contributed by atoms with Gasteiger partial charge in [-0.3, -0.25) is 5.41 Å². The van der Waals surface area contributed by atoms with Crippen LogP contribution in [-0.2, 0) is 6.42 Å². The molecule has 0 aliphatic rings. The van der Waals surface area contributed by atoms with Crippen molar-refractivity contribution in [2.75, 3.05) is 0 Å². The summed E-state index contributed by atoms with van der Waals surface area (Å²) in [6.45, 7) is 2.08. The van der Waals surface area contributed by atoms with Crippen LogP contribution in [0.1, 0.15) is 18.1 Å². The minimum atomic E-state index is -0.0172. The summed E-state index contributed by atoms with van der Waals surface area (Å²) in [5.41, 5.74) is 7.31. The van der Waals surface area contributed by atoms with Crippen LogP contribution >= 0.6 is 15.9 Å². The Labute approximate surface area is 121 Å². The normalized spacial score (nSPS) is 10.2. The van der Waals surface area contributed by atoms with Crippen molar-refractivity contribution in [3.8, 4) is 11.5 Å². The molecule has 19 heavy (non-hydrogen) atoms. The fraction of sp³-hybridized carbons (Fsp3) is 0.133. The Bertz CT molecular complexity index is 611. The van der Waals surface area contributed by atoms with Gasteiger partial charge < -0.3 is 10.5 Å². The molecule has 0 saturated heterocycles. The average molecular weight is 319 g/mol. The smallest absolute Gasteiger partial charge is 0.139 e. The van der Waals surface area contributed by atoms with Gasteiger partial charge in [0.15, 0.2) is 0 Å². The van der Waals surface area contributed by atoms with Gasteiger partial charge in [-0.2, -0.15) is 0 Å². The number of nitrogens with one attached hydrogen (secondary N) is 1. The van der Waals surface area contributed by atoms with E-state index in [2.05, 4.69) is 22.9 Å². The summed E-state index contributed by atoms with van der Waals surface area (Å²) in [5.74, 6) is 1.37. The van der Waals surface area contributed by atoms with E-state index in [9.17, 15) is 0 Å². The fourth-order valence-electron chi connectivity index (χ4n) is 1.86. The molecule has 2 aromatic carbocycles. The van der Waals surface area contributed by atoms with E-state index in [1.807, 2.05) is 42.5 Å². The maximum absolute atomic E-state index is 7.65. The molecule has 0 radical (unpaired) electrons. The van der Waals surface area contributed by atoms with Crippen LogP contribution in [0.25, 0.3) is 0 Å². The SMILES string of the molecule is CCc1ccccc1Oc1cccc(Br)c1C(=N)N. The second-order valence-corrected chi connectivity index (χ2v) is 4.94. The Balaban J connectivity index is 2.44. The molecule has 0 aromatic heterocycles.